The third-order valence-corrected chi connectivity index (χ3v) is 4.91. The van der Waals surface area contributed by atoms with Crippen LogP contribution in [-0.4, -0.2) is 20.2 Å². The molecule has 4 heteroatoms. The molecule has 0 aromatic heterocycles. The summed E-state index contributed by atoms with van der Waals surface area (Å²) in [6, 6.07) is 8.64. The Kier molecular flexibility index (Phi) is 4.66. The lowest BCUT2D eigenvalue weighted by Crippen LogP contribution is -2.32. The number of hydrogen-bond acceptors (Lipinski definition) is 3. The molecule has 3 nitrogen and oxygen atoms in total. The van der Waals surface area contributed by atoms with Crippen molar-refractivity contribution in [3.63, 3.8) is 0 Å². The minimum Gasteiger partial charge on any atom is -0.303 e. The van der Waals surface area contributed by atoms with Crippen LogP contribution in [0.1, 0.15) is 37.9 Å². The van der Waals surface area contributed by atoms with Crippen LogP contribution in [0.15, 0.2) is 35.7 Å². The van der Waals surface area contributed by atoms with Gasteiger partial charge >= 0.3 is 0 Å². The van der Waals surface area contributed by atoms with Crippen molar-refractivity contribution in [1.82, 2.24) is 5.32 Å². The first-order chi connectivity index (χ1) is 9.35. The Morgan fingerprint density at radius 1 is 1.20 bits per heavy atom. The monoisotopic (exact) mass is 293 g/mol. The van der Waals surface area contributed by atoms with Crippen molar-refractivity contribution in [3.05, 3.63) is 46.9 Å². The first-order valence-electron chi connectivity index (χ1n) is 7.11. The van der Waals surface area contributed by atoms with Crippen molar-refractivity contribution in [1.29, 1.82) is 0 Å². The van der Waals surface area contributed by atoms with Gasteiger partial charge in [0.2, 0.25) is 0 Å². The Labute approximate surface area is 122 Å². The van der Waals surface area contributed by atoms with Gasteiger partial charge < -0.3 is 5.32 Å². The third kappa shape index (κ3) is 4.18. The highest BCUT2D eigenvalue weighted by Crippen LogP contribution is 2.18. The van der Waals surface area contributed by atoms with Crippen LogP contribution < -0.4 is 5.32 Å². The van der Waals surface area contributed by atoms with Gasteiger partial charge in [0.1, 0.15) is 0 Å². The van der Waals surface area contributed by atoms with E-state index in [-0.39, 0.29) is 17.8 Å². The molecule has 1 aliphatic rings. The highest BCUT2D eigenvalue weighted by molar-refractivity contribution is 7.94. The van der Waals surface area contributed by atoms with Crippen molar-refractivity contribution in [3.8, 4) is 0 Å². The van der Waals surface area contributed by atoms with Crippen molar-refractivity contribution < 1.29 is 8.42 Å². The molecule has 0 amide bonds. The molecule has 0 bridgehead atoms. The Balaban J connectivity index is 1.96. The van der Waals surface area contributed by atoms with E-state index in [0.717, 1.165) is 6.42 Å². The average molecular weight is 293 g/mol. The fourth-order valence-electron chi connectivity index (χ4n) is 2.51. The summed E-state index contributed by atoms with van der Waals surface area (Å²) in [6.07, 6.45) is 2.82. The number of sulfone groups is 1. The predicted octanol–water partition coefficient (Wildman–Crippen LogP) is 2.85. The minimum atomic E-state index is -2.99. The van der Waals surface area contributed by atoms with Gasteiger partial charge in [0.15, 0.2) is 9.84 Å². The van der Waals surface area contributed by atoms with Gasteiger partial charge in [-0.25, -0.2) is 8.42 Å². The van der Waals surface area contributed by atoms with Crippen LogP contribution in [0.5, 0.6) is 0 Å². The molecule has 0 spiro atoms. The second kappa shape index (κ2) is 6.10. The molecule has 1 heterocycles. The fourth-order valence-corrected chi connectivity index (χ4v) is 3.76. The second-order valence-corrected chi connectivity index (χ2v) is 7.92. The summed E-state index contributed by atoms with van der Waals surface area (Å²) in [5.41, 5.74) is 2.54. The quantitative estimate of drug-likeness (QED) is 0.908. The predicted molar refractivity (Wildman–Crippen MR) is 83.2 cm³/mol. The second-order valence-electron chi connectivity index (χ2n) is 5.99. The van der Waals surface area contributed by atoms with Gasteiger partial charge in [-0.3, -0.25) is 0 Å². The molecule has 0 saturated carbocycles. The maximum absolute atomic E-state index is 11.4. The molecule has 110 valence electrons. The Bertz CT molecular complexity index is 573. The van der Waals surface area contributed by atoms with E-state index in [0.29, 0.717) is 5.92 Å². The smallest absolute Gasteiger partial charge is 0.173 e. The minimum absolute atomic E-state index is 0.0784. The molecule has 0 radical (unpaired) electrons. The Morgan fingerprint density at radius 3 is 2.35 bits per heavy atom. The van der Waals surface area contributed by atoms with Crippen LogP contribution in [0.25, 0.3) is 0 Å². The van der Waals surface area contributed by atoms with E-state index < -0.39 is 9.84 Å². The summed E-state index contributed by atoms with van der Waals surface area (Å²) in [4.78, 5) is 0. The summed E-state index contributed by atoms with van der Waals surface area (Å²) in [7, 11) is -2.99. The molecule has 0 aliphatic carbocycles. The van der Waals surface area contributed by atoms with Crippen molar-refractivity contribution in [2.45, 2.75) is 39.3 Å². The molecule has 2 atom stereocenters. The molecule has 1 N–H and O–H groups in total. The van der Waals surface area contributed by atoms with Gasteiger partial charge in [0.25, 0.3) is 0 Å². The van der Waals surface area contributed by atoms with Gasteiger partial charge in [0, 0.05) is 17.5 Å². The zero-order chi connectivity index (χ0) is 14.8. The van der Waals surface area contributed by atoms with Gasteiger partial charge in [-0.1, -0.05) is 44.2 Å². The van der Waals surface area contributed by atoms with Crippen molar-refractivity contribution >= 4 is 9.84 Å². The summed E-state index contributed by atoms with van der Waals surface area (Å²) in [5.74, 6) is 0.827. The first kappa shape index (κ1) is 15.3. The van der Waals surface area contributed by atoms with Crippen LogP contribution in [0.4, 0.5) is 0 Å². The maximum atomic E-state index is 11.4. The molecule has 2 rings (SSSR count). The lowest BCUT2D eigenvalue weighted by molar-refractivity contribution is 0.535. The van der Waals surface area contributed by atoms with E-state index >= 15 is 0 Å². The molecular formula is C16H23NO2S. The van der Waals surface area contributed by atoms with Gasteiger partial charge in [0.05, 0.1) is 5.75 Å². The highest BCUT2D eigenvalue weighted by atomic mass is 32.2. The zero-order valence-electron chi connectivity index (χ0n) is 12.3. The number of benzene rings is 1. The van der Waals surface area contributed by atoms with Gasteiger partial charge in [-0.2, -0.15) is 0 Å². The average Bonchev–Trinajstić information content (AvgIpc) is 2.68. The third-order valence-electron chi connectivity index (χ3n) is 3.52. The maximum Gasteiger partial charge on any atom is 0.173 e. The summed E-state index contributed by atoms with van der Waals surface area (Å²) >= 11 is 0. The first-order valence-corrected chi connectivity index (χ1v) is 8.83. The molecule has 1 aliphatic heterocycles. The fraction of sp³-hybridized carbons (Fsp3) is 0.500. The molecule has 0 saturated heterocycles. The lowest BCUT2D eigenvalue weighted by atomic mass is 9.99. The van der Waals surface area contributed by atoms with Crippen molar-refractivity contribution in [2.24, 2.45) is 5.92 Å². The number of nitrogens with one attached hydrogen (secondary N) is 1. The van der Waals surface area contributed by atoms with E-state index in [4.69, 9.17) is 0 Å². The van der Waals surface area contributed by atoms with E-state index in [2.05, 4.69) is 50.4 Å². The SMILES string of the molecule is CC(C)Cc1ccc(C(C)NC2C=CS(=O)(=O)C2)cc1. The Morgan fingerprint density at radius 2 is 1.85 bits per heavy atom. The van der Waals surface area contributed by atoms with Crippen molar-refractivity contribution in [2.75, 3.05) is 5.75 Å². The molecule has 2 unspecified atom stereocenters. The van der Waals surface area contributed by atoms with Gasteiger partial charge in [-0.05, 0) is 30.4 Å². The highest BCUT2D eigenvalue weighted by Gasteiger charge is 2.22. The standard InChI is InChI=1S/C16H23NO2S/c1-12(2)10-14-4-6-15(7-5-14)13(3)17-16-8-9-20(18,19)11-16/h4-9,12-13,16-17H,10-11H2,1-3H3. The van der Waals surface area contributed by atoms with Crippen LogP contribution in [-0.2, 0) is 16.3 Å². The van der Waals surface area contributed by atoms with Crippen LogP contribution in [0.2, 0.25) is 0 Å². The largest absolute Gasteiger partial charge is 0.303 e. The van der Waals surface area contributed by atoms with E-state index in [1.165, 1.54) is 16.5 Å². The lowest BCUT2D eigenvalue weighted by Gasteiger charge is -2.18. The summed E-state index contributed by atoms with van der Waals surface area (Å²) < 4.78 is 22.8. The van der Waals surface area contributed by atoms with Crippen LogP contribution in [0, 0.1) is 5.92 Å². The van der Waals surface area contributed by atoms with E-state index in [1.54, 1.807) is 6.08 Å². The van der Waals surface area contributed by atoms with E-state index in [9.17, 15) is 8.42 Å². The topological polar surface area (TPSA) is 46.2 Å². The van der Waals surface area contributed by atoms with Gasteiger partial charge in [-0.15, -0.1) is 0 Å². The molecule has 20 heavy (non-hydrogen) atoms. The molecule has 1 aromatic rings. The number of hydrogen-bond donors (Lipinski definition) is 1. The summed E-state index contributed by atoms with van der Waals surface area (Å²) in [6.45, 7) is 6.49. The number of rotatable bonds is 5. The Hall–Kier alpha value is -1.13. The van der Waals surface area contributed by atoms with Crippen LogP contribution >= 0.6 is 0 Å². The van der Waals surface area contributed by atoms with Crippen LogP contribution in [0.3, 0.4) is 0 Å². The normalized spacial score (nSPS) is 22.3. The molecule has 0 fully saturated rings. The summed E-state index contributed by atoms with van der Waals surface area (Å²) in [5, 5.41) is 4.65. The molecular weight excluding hydrogens is 270 g/mol. The zero-order valence-corrected chi connectivity index (χ0v) is 13.2. The van der Waals surface area contributed by atoms with E-state index in [1.807, 2.05) is 0 Å². The molecule has 1 aromatic carbocycles.